The third kappa shape index (κ3) is 8.35. The number of benzene rings is 4. The molecule has 2 bridgehead atoms. The fraction of sp³-hybridized carbons (Fsp3) is 0.449. The lowest BCUT2D eigenvalue weighted by Gasteiger charge is -2.46. The Balaban J connectivity index is 1.12. The van der Waals surface area contributed by atoms with Gasteiger partial charge in [0.2, 0.25) is 10.0 Å². The molecule has 0 saturated heterocycles. The molecule has 5 atom stereocenters. The van der Waals surface area contributed by atoms with E-state index in [2.05, 4.69) is 78.9 Å². The van der Waals surface area contributed by atoms with Gasteiger partial charge in [-0.3, -0.25) is 4.79 Å². The van der Waals surface area contributed by atoms with Crippen molar-refractivity contribution in [2.75, 3.05) is 38.3 Å². The van der Waals surface area contributed by atoms with E-state index in [0.29, 0.717) is 43.6 Å². The third-order valence-electron chi connectivity index (χ3n) is 13.8. The second-order valence-corrected chi connectivity index (χ2v) is 25.1. The summed E-state index contributed by atoms with van der Waals surface area (Å²) in [4.78, 5) is 16.6. The lowest BCUT2D eigenvalue weighted by Crippen LogP contribution is -2.66. The predicted molar refractivity (Wildman–Crippen MR) is 244 cm³/mol. The highest BCUT2D eigenvalue weighted by atomic mass is 35.5. The van der Waals surface area contributed by atoms with Crippen molar-refractivity contribution in [3.05, 3.63) is 131 Å². The van der Waals surface area contributed by atoms with E-state index < -0.39 is 29.5 Å². The number of carbonyl (C=O) groups excluding carboxylic acids is 1. The monoisotopic (exact) mass is 866 g/mol. The molecule has 11 heteroatoms. The molecule has 0 unspecified atom stereocenters. The highest BCUT2D eigenvalue weighted by molar-refractivity contribution is 7.90. The zero-order valence-electron chi connectivity index (χ0n) is 35.4. The normalized spacial score (nSPS) is 26.1. The summed E-state index contributed by atoms with van der Waals surface area (Å²) in [7, 11) is -5.29. The molecule has 2 heterocycles. The summed E-state index contributed by atoms with van der Waals surface area (Å²) >= 11 is 6.50. The largest absolute Gasteiger partial charge is 0.490 e. The van der Waals surface area contributed by atoms with E-state index in [0.717, 1.165) is 59.7 Å². The zero-order chi connectivity index (χ0) is 42.1. The summed E-state index contributed by atoms with van der Waals surface area (Å²) in [5.41, 5.74) is 3.37. The van der Waals surface area contributed by atoms with Gasteiger partial charge in [0.05, 0.1) is 23.6 Å². The van der Waals surface area contributed by atoms with Gasteiger partial charge in [0, 0.05) is 42.8 Å². The number of fused-ring (bicyclic) bond motifs is 4. The van der Waals surface area contributed by atoms with Gasteiger partial charge in [-0.15, -0.1) is 0 Å². The number of allylic oxidation sites excluding steroid dienone is 1. The standard InChI is InChI=1S/C49H59ClN2O6SSi/c1-48(2,3)60(40-16-7-5-8-17-40,41-18-9-6-10-19-41)58-29-27-39-15-11-12-20-45(56-4)42-24-21-37(42)32-52-33-49(28-13-14-35-30-38(50)23-25-43(35)49)34-57-46-26-22-36(31-44(46)52)47(53)51-59(39,54)55/h5-10,12,16-20,22-23,25-26,30-31,37,39,42,45H,11,13-15,21,24,27-29,32-34H2,1-4H3,(H,51,53)/b20-12+/t37-,39-,42+,45-,49-/m0/s1. The molecule has 2 aliphatic heterocycles. The van der Waals surface area contributed by atoms with Gasteiger partial charge < -0.3 is 18.8 Å². The Morgan fingerprint density at radius 1 is 0.950 bits per heavy atom. The van der Waals surface area contributed by atoms with Crippen LogP contribution < -0.4 is 24.7 Å². The van der Waals surface area contributed by atoms with Crippen LogP contribution in [0.25, 0.3) is 0 Å². The van der Waals surface area contributed by atoms with Crippen molar-refractivity contribution < 1.29 is 27.1 Å². The van der Waals surface area contributed by atoms with E-state index in [-0.39, 0.29) is 35.1 Å². The quantitative estimate of drug-likeness (QED) is 0.147. The number of amides is 1. The average molecular weight is 868 g/mol. The topological polar surface area (TPSA) is 94.2 Å². The van der Waals surface area contributed by atoms with Gasteiger partial charge in [0.25, 0.3) is 14.2 Å². The van der Waals surface area contributed by atoms with Crippen LogP contribution in [-0.2, 0) is 31.0 Å². The number of ether oxygens (including phenoxy) is 2. The first-order chi connectivity index (χ1) is 28.8. The summed E-state index contributed by atoms with van der Waals surface area (Å²) in [5, 5.41) is 1.85. The maximum atomic E-state index is 14.4. The molecule has 8 rings (SSSR count). The van der Waals surface area contributed by atoms with Crippen LogP contribution in [-0.4, -0.2) is 67.4 Å². The number of rotatable bonds is 7. The van der Waals surface area contributed by atoms with Crippen LogP contribution >= 0.6 is 11.6 Å². The molecule has 0 aromatic heterocycles. The van der Waals surface area contributed by atoms with Gasteiger partial charge in [-0.25, -0.2) is 13.1 Å². The van der Waals surface area contributed by atoms with Gasteiger partial charge in [0.1, 0.15) is 5.75 Å². The maximum Gasteiger partial charge on any atom is 0.264 e. The number of halogens is 1. The molecule has 1 fully saturated rings. The fourth-order valence-corrected chi connectivity index (χ4v) is 16.7. The predicted octanol–water partition coefficient (Wildman–Crippen LogP) is 8.60. The van der Waals surface area contributed by atoms with Gasteiger partial charge in [-0.05, 0) is 120 Å². The number of nitrogens with zero attached hydrogens (tertiary/aromatic N) is 1. The van der Waals surface area contributed by atoms with Crippen molar-refractivity contribution in [1.82, 2.24) is 4.72 Å². The molecule has 2 aliphatic carbocycles. The molecular formula is C49H59ClN2O6SSi. The van der Waals surface area contributed by atoms with Gasteiger partial charge in [0.15, 0.2) is 0 Å². The van der Waals surface area contributed by atoms with Crippen molar-refractivity contribution in [1.29, 1.82) is 0 Å². The van der Waals surface area contributed by atoms with Crippen molar-refractivity contribution in [3.63, 3.8) is 0 Å². The zero-order valence-corrected chi connectivity index (χ0v) is 37.9. The molecule has 60 heavy (non-hydrogen) atoms. The van der Waals surface area contributed by atoms with Gasteiger partial charge >= 0.3 is 0 Å². The smallest absolute Gasteiger partial charge is 0.264 e. The Morgan fingerprint density at radius 2 is 1.68 bits per heavy atom. The van der Waals surface area contributed by atoms with Crippen LogP contribution in [0.3, 0.4) is 0 Å². The molecule has 0 radical (unpaired) electrons. The Morgan fingerprint density at radius 3 is 2.35 bits per heavy atom. The van der Waals surface area contributed by atoms with Gasteiger partial charge in [-0.2, -0.15) is 0 Å². The first-order valence-electron chi connectivity index (χ1n) is 21.6. The Hall–Kier alpha value is -3.93. The molecule has 1 spiro atoms. The number of sulfonamides is 1. The molecule has 4 aliphatic rings. The van der Waals surface area contributed by atoms with Crippen LogP contribution in [0.5, 0.6) is 5.75 Å². The number of hydrogen-bond acceptors (Lipinski definition) is 7. The fourth-order valence-electron chi connectivity index (χ4n) is 10.5. The number of nitrogens with one attached hydrogen (secondary N) is 1. The number of methoxy groups -OCH3 is 1. The summed E-state index contributed by atoms with van der Waals surface area (Å²) in [6.07, 6.45) is 10.3. The van der Waals surface area contributed by atoms with Crippen molar-refractivity contribution in [3.8, 4) is 5.75 Å². The molecule has 4 aromatic carbocycles. The van der Waals surface area contributed by atoms with Crippen LogP contribution in [0.4, 0.5) is 5.69 Å². The molecule has 318 valence electrons. The van der Waals surface area contributed by atoms with E-state index in [9.17, 15) is 13.2 Å². The molecule has 1 N–H and O–H groups in total. The van der Waals surface area contributed by atoms with E-state index in [1.165, 1.54) is 11.1 Å². The molecule has 1 amide bonds. The first-order valence-corrected chi connectivity index (χ1v) is 25.5. The molecular weight excluding hydrogens is 808 g/mol. The highest BCUT2D eigenvalue weighted by Crippen LogP contribution is 2.47. The van der Waals surface area contributed by atoms with E-state index in [1.807, 2.05) is 54.6 Å². The molecule has 1 saturated carbocycles. The summed E-state index contributed by atoms with van der Waals surface area (Å²) in [6.45, 7) is 8.83. The number of aryl methyl sites for hydroxylation is 1. The van der Waals surface area contributed by atoms with Crippen LogP contribution in [0.15, 0.2) is 109 Å². The average Bonchev–Trinajstić information content (AvgIpc) is 3.37. The van der Waals surface area contributed by atoms with E-state index >= 15 is 0 Å². The minimum Gasteiger partial charge on any atom is -0.490 e. The first kappa shape index (κ1) is 42.7. The second-order valence-electron chi connectivity index (χ2n) is 18.4. The number of anilines is 1. The minimum atomic E-state index is -4.14. The van der Waals surface area contributed by atoms with Crippen LogP contribution in [0.1, 0.15) is 87.2 Å². The van der Waals surface area contributed by atoms with Crippen molar-refractivity contribution in [2.24, 2.45) is 11.8 Å². The molecule has 4 aromatic rings. The summed E-state index contributed by atoms with van der Waals surface area (Å²) in [5.74, 6) is 0.737. The minimum absolute atomic E-state index is 0.0922. The SMILES string of the molecule is CO[C@H]1/C=C/CC[C@@H](CCO[Si](c2ccccc2)(c2ccccc2)C(C)(C)C)S(=O)(=O)NC(=O)c2ccc3c(c2)N(C[C@@H]2CC[C@H]21)C[C@@]1(CCCc2cc(Cl)ccc21)CO3. The Bertz CT molecular complexity index is 2260. The van der Waals surface area contributed by atoms with Crippen molar-refractivity contribution >= 4 is 51.9 Å². The van der Waals surface area contributed by atoms with Gasteiger partial charge in [-0.1, -0.05) is 111 Å². The highest BCUT2D eigenvalue weighted by Gasteiger charge is 2.50. The number of hydrogen-bond donors (Lipinski definition) is 1. The van der Waals surface area contributed by atoms with E-state index in [1.54, 1.807) is 13.2 Å². The Labute approximate surface area is 362 Å². The lowest BCUT2D eigenvalue weighted by atomic mass is 9.68. The third-order valence-corrected chi connectivity index (χ3v) is 20.9. The second kappa shape index (κ2) is 17.4. The number of carbonyl (C=O) groups is 1. The maximum absolute atomic E-state index is 14.4. The van der Waals surface area contributed by atoms with Crippen molar-refractivity contribution in [2.45, 2.75) is 93.9 Å². The van der Waals surface area contributed by atoms with Crippen LogP contribution in [0, 0.1) is 11.8 Å². The summed E-state index contributed by atoms with van der Waals surface area (Å²) in [6, 6.07) is 32.3. The van der Waals surface area contributed by atoms with E-state index in [4.69, 9.17) is 25.5 Å². The lowest BCUT2D eigenvalue weighted by molar-refractivity contribution is 0.0132. The van der Waals surface area contributed by atoms with Crippen LogP contribution in [0.2, 0.25) is 10.1 Å². The summed E-state index contributed by atoms with van der Waals surface area (Å²) < 4.78 is 51.4. The Kier molecular flexibility index (Phi) is 12.4. The molecule has 8 nitrogen and oxygen atoms in total.